The smallest absolute Gasteiger partial charge is 0.271 e. The molecule has 1 N–H and O–H groups in total. The minimum Gasteiger partial charge on any atom is -0.390 e. The molecule has 0 bridgehead atoms. The summed E-state index contributed by atoms with van der Waals surface area (Å²) in [5.41, 5.74) is 0.862. The molecule has 29 heavy (non-hydrogen) atoms. The Morgan fingerprint density at radius 2 is 1.83 bits per heavy atom. The summed E-state index contributed by atoms with van der Waals surface area (Å²) < 4.78 is 27.7. The summed E-state index contributed by atoms with van der Waals surface area (Å²) >= 11 is 0. The number of benzene rings is 2. The van der Waals surface area contributed by atoms with Gasteiger partial charge in [-0.05, 0) is 51.1 Å². The van der Waals surface area contributed by atoms with Crippen molar-refractivity contribution in [3.63, 3.8) is 0 Å². The summed E-state index contributed by atoms with van der Waals surface area (Å²) in [6.45, 7) is 3.77. The molecular formula is C20H25N3O5S. The average Bonchev–Trinajstić information content (AvgIpc) is 3.19. The molecule has 156 valence electrons. The van der Waals surface area contributed by atoms with Crippen molar-refractivity contribution in [3.8, 4) is 0 Å². The van der Waals surface area contributed by atoms with Crippen molar-refractivity contribution in [2.75, 3.05) is 30.5 Å². The van der Waals surface area contributed by atoms with Gasteiger partial charge in [-0.15, -0.1) is 0 Å². The van der Waals surface area contributed by atoms with Crippen molar-refractivity contribution >= 4 is 21.4 Å². The van der Waals surface area contributed by atoms with Crippen molar-refractivity contribution in [3.05, 3.63) is 64.2 Å². The Labute approximate surface area is 170 Å². The standard InChI is InChI=1S/C20H25N3O5S/c1-16-7-9-20(10-8-16)29(27,28)22(15-19(24)14-21-11-2-3-12-21)17-5-4-6-18(13-17)23(25)26/h4-10,13,19,24H,2-3,11-12,14-15H2,1H3. The first-order valence-electron chi connectivity index (χ1n) is 9.51. The third-order valence-electron chi connectivity index (χ3n) is 4.98. The molecule has 1 aliphatic rings. The first-order chi connectivity index (χ1) is 13.8. The van der Waals surface area contributed by atoms with E-state index in [4.69, 9.17) is 0 Å². The van der Waals surface area contributed by atoms with Gasteiger partial charge in [0.25, 0.3) is 15.7 Å². The molecule has 1 saturated heterocycles. The number of sulfonamides is 1. The van der Waals surface area contributed by atoms with Gasteiger partial charge >= 0.3 is 0 Å². The van der Waals surface area contributed by atoms with E-state index in [0.717, 1.165) is 35.8 Å². The van der Waals surface area contributed by atoms with E-state index >= 15 is 0 Å². The summed E-state index contributed by atoms with van der Waals surface area (Å²) in [5.74, 6) is 0. The monoisotopic (exact) mass is 419 g/mol. The van der Waals surface area contributed by atoms with Crippen LogP contribution in [0, 0.1) is 17.0 Å². The van der Waals surface area contributed by atoms with Gasteiger partial charge in [-0.3, -0.25) is 14.4 Å². The predicted molar refractivity (Wildman–Crippen MR) is 110 cm³/mol. The summed E-state index contributed by atoms with van der Waals surface area (Å²) in [5, 5.41) is 21.8. The summed E-state index contributed by atoms with van der Waals surface area (Å²) in [7, 11) is -4.01. The lowest BCUT2D eigenvalue weighted by molar-refractivity contribution is -0.384. The molecular weight excluding hydrogens is 394 g/mol. The van der Waals surface area contributed by atoms with E-state index in [1.807, 2.05) is 6.92 Å². The van der Waals surface area contributed by atoms with Crippen LogP contribution in [-0.2, 0) is 10.0 Å². The van der Waals surface area contributed by atoms with Crippen molar-refractivity contribution in [1.29, 1.82) is 0 Å². The molecule has 8 nitrogen and oxygen atoms in total. The molecule has 1 aliphatic heterocycles. The molecule has 0 saturated carbocycles. The highest BCUT2D eigenvalue weighted by molar-refractivity contribution is 7.92. The zero-order chi connectivity index (χ0) is 21.0. The number of rotatable bonds is 8. The highest BCUT2D eigenvalue weighted by atomic mass is 32.2. The van der Waals surface area contributed by atoms with Crippen LogP contribution in [0.4, 0.5) is 11.4 Å². The number of non-ortho nitro benzene ring substituents is 1. The maximum Gasteiger partial charge on any atom is 0.271 e. The van der Waals surface area contributed by atoms with E-state index in [1.165, 1.54) is 36.4 Å². The zero-order valence-electron chi connectivity index (χ0n) is 16.3. The van der Waals surface area contributed by atoms with Gasteiger partial charge in [0.05, 0.1) is 28.2 Å². The third-order valence-corrected chi connectivity index (χ3v) is 6.79. The maximum absolute atomic E-state index is 13.3. The number of aryl methyl sites for hydroxylation is 1. The van der Waals surface area contributed by atoms with Crippen LogP contribution in [0.2, 0.25) is 0 Å². The van der Waals surface area contributed by atoms with Crippen LogP contribution in [0.1, 0.15) is 18.4 Å². The van der Waals surface area contributed by atoms with Crippen LogP contribution in [0.25, 0.3) is 0 Å². The van der Waals surface area contributed by atoms with Gasteiger partial charge in [0.1, 0.15) is 0 Å². The van der Waals surface area contributed by atoms with Crippen LogP contribution in [-0.4, -0.2) is 55.6 Å². The first-order valence-corrected chi connectivity index (χ1v) is 11.0. The SMILES string of the molecule is Cc1ccc(S(=O)(=O)N(CC(O)CN2CCCC2)c2cccc([N+](=O)[O-])c2)cc1. The van der Waals surface area contributed by atoms with E-state index < -0.39 is 21.1 Å². The molecule has 1 atom stereocenters. The Bertz CT molecular complexity index is 956. The van der Waals surface area contributed by atoms with Gasteiger partial charge in [0, 0.05) is 18.7 Å². The molecule has 0 amide bonds. The van der Waals surface area contributed by atoms with Crippen molar-refractivity contribution in [1.82, 2.24) is 4.90 Å². The largest absolute Gasteiger partial charge is 0.390 e. The number of anilines is 1. The highest BCUT2D eigenvalue weighted by Gasteiger charge is 2.29. The van der Waals surface area contributed by atoms with Crippen LogP contribution < -0.4 is 4.31 Å². The number of aliphatic hydroxyl groups is 1. The van der Waals surface area contributed by atoms with E-state index in [9.17, 15) is 23.6 Å². The molecule has 9 heteroatoms. The quantitative estimate of drug-likeness (QED) is 0.521. The molecule has 1 heterocycles. The summed E-state index contributed by atoms with van der Waals surface area (Å²) in [4.78, 5) is 12.8. The zero-order valence-corrected chi connectivity index (χ0v) is 17.1. The van der Waals surface area contributed by atoms with Gasteiger partial charge in [0.2, 0.25) is 0 Å². The fraction of sp³-hybridized carbons (Fsp3) is 0.400. The van der Waals surface area contributed by atoms with Crippen molar-refractivity contribution < 1.29 is 18.4 Å². The Morgan fingerprint density at radius 1 is 1.17 bits per heavy atom. The lowest BCUT2D eigenvalue weighted by Gasteiger charge is -2.28. The topological polar surface area (TPSA) is 104 Å². The van der Waals surface area contributed by atoms with Crippen molar-refractivity contribution in [2.24, 2.45) is 0 Å². The first kappa shape index (κ1) is 21.2. The fourth-order valence-corrected chi connectivity index (χ4v) is 4.95. The Morgan fingerprint density at radius 3 is 2.45 bits per heavy atom. The van der Waals surface area contributed by atoms with E-state index in [-0.39, 0.29) is 22.8 Å². The Balaban J connectivity index is 1.95. The normalized spacial score (nSPS) is 15.9. The number of hydrogen-bond acceptors (Lipinski definition) is 6. The maximum atomic E-state index is 13.3. The van der Waals surface area contributed by atoms with Crippen LogP contribution in [0.3, 0.4) is 0 Å². The Kier molecular flexibility index (Phi) is 6.51. The number of β-amino-alcohol motifs (C(OH)–C–C–N with tert-alkyl or cyclic N) is 1. The molecule has 0 radical (unpaired) electrons. The number of nitro benzene ring substituents is 1. The minimum absolute atomic E-state index is 0.0722. The second-order valence-corrected chi connectivity index (χ2v) is 9.15. The van der Waals surface area contributed by atoms with Gasteiger partial charge in [-0.1, -0.05) is 23.8 Å². The molecule has 1 fully saturated rings. The van der Waals surface area contributed by atoms with E-state index in [2.05, 4.69) is 4.90 Å². The highest BCUT2D eigenvalue weighted by Crippen LogP contribution is 2.27. The number of hydrogen-bond donors (Lipinski definition) is 1. The van der Waals surface area contributed by atoms with Gasteiger partial charge in [-0.2, -0.15) is 0 Å². The summed E-state index contributed by atoms with van der Waals surface area (Å²) in [6, 6.07) is 11.9. The number of aliphatic hydroxyl groups excluding tert-OH is 1. The number of likely N-dealkylation sites (tertiary alicyclic amines) is 1. The van der Waals surface area contributed by atoms with Crippen LogP contribution >= 0.6 is 0 Å². The average molecular weight is 420 g/mol. The third kappa shape index (κ3) is 5.11. The van der Waals surface area contributed by atoms with Crippen LogP contribution in [0.15, 0.2) is 53.4 Å². The number of nitro groups is 1. The lowest BCUT2D eigenvalue weighted by atomic mass is 10.2. The van der Waals surface area contributed by atoms with Gasteiger partial charge in [0.15, 0.2) is 0 Å². The van der Waals surface area contributed by atoms with Gasteiger partial charge < -0.3 is 10.0 Å². The van der Waals surface area contributed by atoms with Crippen molar-refractivity contribution in [2.45, 2.75) is 30.8 Å². The molecule has 2 aromatic carbocycles. The Hall–Kier alpha value is -2.49. The van der Waals surface area contributed by atoms with E-state index in [1.54, 1.807) is 12.1 Å². The molecule has 0 spiro atoms. The minimum atomic E-state index is -4.01. The molecule has 2 aromatic rings. The second-order valence-electron chi connectivity index (χ2n) is 7.29. The van der Waals surface area contributed by atoms with E-state index in [0.29, 0.717) is 6.54 Å². The number of nitrogens with zero attached hydrogens (tertiary/aromatic N) is 3. The van der Waals surface area contributed by atoms with Crippen LogP contribution in [0.5, 0.6) is 0 Å². The molecule has 0 aromatic heterocycles. The second kappa shape index (κ2) is 8.89. The summed E-state index contributed by atoms with van der Waals surface area (Å²) in [6.07, 6.45) is 1.19. The molecule has 0 aliphatic carbocycles. The molecule has 3 rings (SSSR count). The molecule has 1 unspecified atom stereocenters. The fourth-order valence-electron chi connectivity index (χ4n) is 3.45. The predicted octanol–water partition coefficient (Wildman–Crippen LogP) is 2.56. The van der Waals surface area contributed by atoms with Gasteiger partial charge in [-0.25, -0.2) is 8.42 Å². The lowest BCUT2D eigenvalue weighted by Crippen LogP contribution is -2.42.